The van der Waals surface area contributed by atoms with Crippen molar-refractivity contribution < 1.29 is 17.9 Å². The Hall–Kier alpha value is -1.24. The van der Waals surface area contributed by atoms with E-state index < -0.39 is 9.84 Å². The molecule has 1 unspecified atom stereocenters. The van der Waals surface area contributed by atoms with Crippen LogP contribution in [0, 0.1) is 0 Å². The Morgan fingerprint density at radius 3 is 2.33 bits per heavy atom. The second-order valence-corrected chi connectivity index (χ2v) is 6.16. The zero-order valence-corrected chi connectivity index (χ0v) is 11.2. The molecular weight excluding hydrogens is 254 g/mol. The third-order valence-corrected chi connectivity index (χ3v) is 3.56. The molecule has 1 aromatic carbocycles. The lowest BCUT2D eigenvalue weighted by Crippen LogP contribution is -2.28. The molecule has 0 fully saturated rings. The zero-order chi connectivity index (χ0) is 13.8. The van der Waals surface area contributed by atoms with Gasteiger partial charge in [0.05, 0.1) is 11.5 Å². The monoisotopic (exact) mass is 271 g/mol. The number of carbonyl (C=O) groups excluding carboxylic acids is 1. The Kier molecular flexibility index (Phi) is 5.01. The number of carbonyl (C=O) groups is 1. The Labute approximate surface area is 107 Å². The number of sulfone groups is 1. The lowest BCUT2D eigenvalue weighted by Gasteiger charge is -2.09. The van der Waals surface area contributed by atoms with Gasteiger partial charge in [0.15, 0.2) is 15.6 Å². The van der Waals surface area contributed by atoms with Crippen molar-refractivity contribution in [2.75, 3.05) is 20.0 Å². The van der Waals surface area contributed by atoms with E-state index in [-0.39, 0.29) is 23.1 Å². The standard InChI is InChI=1S/C12H17NO4S/c1-17-8-10(13)7-12(14)9-3-5-11(6-4-9)18(2,15)16/h3-6,10H,7-8,13H2,1-2H3. The number of hydrogen-bond acceptors (Lipinski definition) is 5. The molecule has 0 aliphatic rings. The highest BCUT2D eigenvalue weighted by molar-refractivity contribution is 7.90. The van der Waals surface area contributed by atoms with Crippen LogP contribution in [0.2, 0.25) is 0 Å². The van der Waals surface area contributed by atoms with Gasteiger partial charge < -0.3 is 10.5 Å². The van der Waals surface area contributed by atoms with Gasteiger partial charge in [0.25, 0.3) is 0 Å². The Morgan fingerprint density at radius 2 is 1.89 bits per heavy atom. The SMILES string of the molecule is COCC(N)CC(=O)c1ccc(S(C)(=O)=O)cc1. The first-order valence-electron chi connectivity index (χ1n) is 5.42. The quantitative estimate of drug-likeness (QED) is 0.767. The van der Waals surface area contributed by atoms with E-state index in [1.807, 2.05) is 0 Å². The van der Waals surface area contributed by atoms with Crippen molar-refractivity contribution >= 4 is 15.6 Å². The number of hydrogen-bond donors (Lipinski definition) is 1. The summed E-state index contributed by atoms with van der Waals surface area (Å²) in [5, 5.41) is 0. The minimum atomic E-state index is -3.23. The van der Waals surface area contributed by atoms with Crippen molar-refractivity contribution in [2.24, 2.45) is 5.73 Å². The van der Waals surface area contributed by atoms with Crippen molar-refractivity contribution in [3.63, 3.8) is 0 Å². The van der Waals surface area contributed by atoms with Crippen molar-refractivity contribution in [1.29, 1.82) is 0 Å². The predicted molar refractivity (Wildman–Crippen MR) is 68.4 cm³/mol. The lowest BCUT2D eigenvalue weighted by molar-refractivity contribution is 0.0949. The average Bonchev–Trinajstić information content (AvgIpc) is 2.28. The summed E-state index contributed by atoms with van der Waals surface area (Å²) in [6.45, 7) is 0.313. The van der Waals surface area contributed by atoms with Crippen LogP contribution in [0.1, 0.15) is 16.8 Å². The van der Waals surface area contributed by atoms with Gasteiger partial charge in [-0.15, -0.1) is 0 Å². The molecule has 100 valence electrons. The van der Waals surface area contributed by atoms with Gasteiger partial charge in [-0.3, -0.25) is 4.79 Å². The van der Waals surface area contributed by atoms with Crippen LogP contribution >= 0.6 is 0 Å². The zero-order valence-electron chi connectivity index (χ0n) is 10.4. The molecule has 1 aromatic rings. The highest BCUT2D eigenvalue weighted by Crippen LogP contribution is 2.12. The van der Waals surface area contributed by atoms with Gasteiger partial charge in [-0.05, 0) is 12.1 Å². The molecule has 5 nitrogen and oxygen atoms in total. The highest BCUT2D eigenvalue weighted by Gasteiger charge is 2.13. The molecule has 0 radical (unpaired) electrons. The molecule has 0 heterocycles. The number of methoxy groups -OCH3 is 1. The smallest absolute Gasteiger partial charge is 0.175 e. The van der Waals surface area contributed by atoms with Crippen LogP contribution in [-0.4, -0.2) is 40.2 Å². The van der Waals surface area contributed by atoms with Gasteiger partial charge in [-0.1, -0.05) is 12.1 Å². The van der Waals surface area contributed by atoms with Gasteiger partial charge in [-0.25, -0.2) is 8.42 Å². The number of ketones is 1. The second-order valence-electron chi connectivity index (χ2n) is 4.14. The third-order valence-electron chi connectivity index (χ3n) is 2.43. The van der Waals surface area contributed by atoms with E-state index >= 15 is 0 Å². The molecule has 6 heteroatoms. The highest BCUT2D eigenvalue weighted by atomic mass is 32.2. The minimum absolute atomic E-state index is 0.125. The molecular formula is C12H17NO4S. The Bertz CT molecular complexity index is 507. The number of Topliss-reactive ketones (excluding diaryl/α,β-unsaturated/α-hetero) is 1. The van der Waals surface area contributed by atoms with E-state index in [0.29, 0.717) is 12.2 Å². The van der Waals surface area contributed by atoms with Gasteiger partial charge >= 0.3 is 0 Å². The molecule has 0 saturated heterocycles. The van der Waals surface area contributed by atoms with Crippen LogP contribution in [0.25, 0.3) is 0 Å². The number of benzene rings is 1. The molecule has 0 spiro atoms. The van der Waals surface area contributed by atoms with Crippen molar-refractivity contribution in [3.05, 3.63) is 29.8 Å². The van der Waals surface area contributed by atoms with Crippen LogP contribution < -0.4 is 5.73 Å². The minimum Gasteiger partial charge on any atom is -0.383 e. The van der Waals surface area contributed by atoms with Crippen molar-refractivity contribution in [3.8, 4) is 0 Å². The van der Waals surface area contributed by atoms with Gasteiger partial charge in [0.2, 0.25) is 0 Å². The van der Waals surface area contributed by atoms with Gasteiger partial charge in [-0.2, -0.15) is 0 Å². The van der Waals surface area contributed by atoms with E-state index in [1.54, 1.807) is 0 Å². The lowest BCUT2D eigenvalue weighted by atomic mass is 10.0. The van der Waals surface area contributed by atoms with Crippen molar-refractivity contribution in [1.82, 2.24) is 0 Å². The summed E-state index contributed by atoms with van der Waals surface area (Å²) in [5.41, 5.74) is 6.13. The Balaban J connectivity index is 2.77. The molecule has 0 saturated carbocycles. The van der Waals surface area contributed by atoms with Crippen LogP contribution in [0.5, 0.6) is 0 Å². The molecule has 1 rings (SSSR count). The summed E-state index contributed by atoms with van der Waals surface area (Å²) in [6, 6.07) is 5.49. The molecule has 18 heavy (non-hydrogen) atoms. The average molecular weight is 271 g/mol. The van der Waals surface area contributed by atoms with Gasteiger partial charge in [0, 0.05) is 31.4 Å². The first-order chi connectivity index (χ1) is 8.34. The summed E-state index contributed by atoms with van der Waals surface area (Å²) >= 11 is 0. The summed E-state index contributed by atoms with van der Waals surface area (Å²) in [5.74, 6) is -0.125. The topological polar surface area (TPSA) is 86.5 Å². The summed E-state index contributed by atoms with van der Waals surface area (Å²) in [7, 11) is -1.71. The van der Waals surface area contributed by atoms with Crippen LogP contribution in [-0.2, 0) is 14.6 Å². The number of ether oxygens (including phenoxy) is 1. The molecule has 0 aromatic heterocycles. The van der Waals surface area contributed by atoms with E-state index in [2.05, 4.69) is 0 Å². The Morgan fingerprint density at radius 1 is 1.33 bits per heavy atom. The van der Waals surface area contributed by atoms with E-state index in [1.165, 1.54) is 31.4 Å². The van der Waals surface area contributed by atoms with Crippen molar-refractivity contribution in [2.45, 2.75) is 17.4 Å². The molecule has 0 aliphatic heterocycles. The van der Waals surface area contributed by atoms with E-state index in [9.17, 15) is 13.2 Å². The molecule has 1 atom stereocenters. The number of nitrogens with two attached hydrogens (primary N) is 1. The number of rotatable bonds is 6. The molecule has 0 amide bonds. The summed E-state index contributed by atoms with van der Waals surface area (Å²) in [6.07, 6.45) is 1.30. The third kappa shape index (κ3) is 4.21. The fourth-order valence-electron chi connectivity index (χ4n) is 1.52. The van der Waals surface area contributed by atoms with Crippen LogP contribution in [0.4, 0.5) is 0 Å². The van der Waals surface area contributed by atoms with E-state index in [4.69, 9.17) is 10.5 Å². The van der Waals surface area contributed by atoms with E-state index in [0.717, 1.165) is 6.26 Å². The maximum Gasteiger partial charge on any atom is 0.175 e. The van der Waals surface area contributed by atoms with Crippen LogP contribution in [0.3, 0.4) is 0 Å². The second kappa shape index (κ2) is 6.08. The first kappa shape index (κ1) is 14.8. The fraction of sp³-hybridized carbons (Fsp3) is 0.417. The van der Waals surface area contributed by atoms with Crippen LogP contribution in [0.15, 0.2) is 29.2 Å². The molecule has 0 aliphatic carbocycles. The summed E-state index contributed by atoms with van der Waals surface area (Å²) in [4.78, 5) is 12.0. The fourth-order valence-corrected chi connectivity index (χ4v) is 2.15. The molecule has 2 N–H and O–H groups in total. The maximum absolute atomic E-state index is 11.8. The predicted octanol–water partition coefficient (Wildman–Crippen LogP) is 0.637. The van der Waals surface area contributed by atoms with Gasteiger partial charge in [0.1, 0.15) is 0 Å². The largest absolute Gasteiger partial charge is 0.383 e. The molecule has 0 bridgehead atoms. The normalized spacial score (nSPS) is 13.3. The maximum atomic E-state index is 11.8. The first-order valence-corrected chi connectivity index (χ1v) is 7.31. The summed E-state index contributed by atoms with van der Waals surface area (Å²) < 4.78 is 27.4.